The van der Waals surface area contributed by atoms with Gasteiger partial charge in [0.2, 0.25) is 0 Å². The molecule has 0 N–H and O–H groups in total. The van der Waals surface area contributed by atoms with Gasteiger partial charge in [-0.05, 0) is 23.6 Å². The lowest BCUT2D eigenvalue weighted by Crippen LogP contribution is -2.12. The van der Waals surface area contributed by atoms with E-state index in [1.165, 1.54) is 11.3 Å². The molecule has 0 unspecified atom stereocenters. The molecule has 0 bridgehead atoms. The van der Waals surface area contributed by atoms with Gasteiger partial charge in [-0.25, -0.2) is 9.78 Å². The molecule has 2 aromatic heterocycles. The van der Waals surface area contributed by atoms with E-state index in [0.717, 1.165) is 10.6 Å². The molecule has 0 aliphatic carbocycles. The molecule has 0 saturated heterocycles. The molecule has 2 heterocycles. The Morgan fingerprint density at radius 1 is 1.17 bits per heavy atom. The van der Waals surface area contributed by atoms with Gasteiger partial charge in [0.05, 0.1) is 5.02 Å². The molecule has 0 fully saturated rings. The minimum Gasteiger partial charge on any atom is -0.488 e. The molecule has 0 saturated carbocycles. The van der Waals surface area contributed by atoms with Crippen molar-refractivity contribution in [2.45, 2.75) is 0 Å². The van der Waals surface area contributed by atoms with E-state index in [1.807, 2.05) is 29.0 Å². The number of esters is 1. The van der Waals surface area contributed by atoms with Crippen molar-refractivity contribution in [1.29, 1.82) is 0 Å². The van der Waals surface area contributed by atoms with Crippen molar-refractivity contribution >= 4 is 40.2 Å². The Balaban J connectivity index is 1.49. The molecule has 7 heteroatoms. The highest BCUT2D eigenvalue weighted by molar-refractivity contribution is 7.14. The van der Waals surface area contributed by atoms with Crippen LogP contribution < -0.4 is 4.74 Å². The number of hydrogen-bond donors (Lipinski definition) is 0. The topological polar surface area (TPSA) is 48.4 Å². The van der Waals surface area contributed by atoms with Crippen molar-refractivity contribution in [3.8, 4) is 16.3 Å². The van der Waals surface area contributed by atoms with Crippen molar-refractivity contribution < 1.29 is 14.3 Å². The number of carbonyl (C=O) groups is 1. The molecular weight excluding hydrogens is 354 g/mol. The van der Waals surface area contributed by atoms with Crippen LogP contribution >= 0.6 is 34.3 Å². The molecule has 3 rings (SSSR count). The zero-order chi connectivity index (χ0) is 16.1. The van der Waals surface area contributed by atoms with Crippen molar-refractivity contribution in [2.75, 3.05) is 13.2 Å². The number of nitrogens with zero attached hydrogens (tertiary/aromatic N) is 1. The SMILES string of the molecule is O=C(OCCOc1ccccc1Cl)c1csc(-c2ccsc2)n1. The van der Waals surface area contributed by atoms with Crippen LogP contribution in [0.15, 0.2) is 46.5 Å². The molecule has 1 aromatic carbocycles. The van der Waals surface area contributed by atoms with E-state index in [1.54, 1.807) is 28.8 Å². The lowest BCUT2D eigenvalue weighted by Gasteiger charge is -2.07. The molecule has 0 aliphatic rings. The summed E-state index contributed by atoms with van der Waals surface area (Å²) in [5, 5.41) is 7.00. The van der Waals surface area contributed by atoms with Crippen LogP contribution in [0.4, 0.5) is 0 Å². The number of thiazole rings is 1. The normalized spacial score (nSPS) is 10.5. The monoisotopic (exact) mass is 365 g/mol. The van der Waals surface area contributed by atoms with Gasteiger partial charge < -0.3 is 9.47 Å². The molecule has 0 aliphatic heterocycles. The molecule has 0 radical (unpaired) electrons. The Labute approximate surface area is 146 Å². The minimum absolute atomic E-state index is 0.134. The predicted octanol–water partition coefficient (Wildman–Crippen LogP) is 4.76. The molecule has 0 amide bonds. The summed E-state index contributed by atoms with van der Waals surface area (Å²) < 4.78 is 10.6. The summed E-state index contributed by atoms with van der Waals surface area (Å²) in [5.74, 6) is 0.115. The summed E-state index contributed by atoms with van der Waals surface area (Å²) in [6.45, 7) is 0.367. The van der Waals surface area contributed by atoms with Crippen LogP contribution in [0, 0.1) is 0 Å². The zero-order valence-electron chi connectivity index (χ0n) is 11.9. The highest BCUT2D eigenvalue weighted by Crippen LogP contribution is 2.26. The van der Waals surface area contributed by atoms with E-state index in [-0.39, 0.29) is 13.2 Å². The van der Waals surface area contributed by atoms with Crippen molar-refractivity contribution in [1.82, 2.24) is 4.98 Å². The molecule has 0 atom stereocenters. The van der Waals surface area contributed by atoms with Gasteiger partial charge in [0, 0.05) is 16.3 Å². The fourth-order valence-electron chi connectivity index (χ4n) is 1.81. The summed E-state index contributed by atoms with van der Waals surface area (Å²) in [7, 11) is 0. The third-order valence-electron chi connectivity index (χ3n) is 2.89. The van der Waals surface area contributed by atoms with Gasteiger partial charge in [0.15, 0.2) is 5.69 Å². The number of thiophene rings is 1. The maximum Gasteiger partial charge on any atom is 0.357 e. The van der Waals surface area contributed by atoms with Gasteiger partial charge in [-0.2, -0.15) is 11.3 Å². The van der Waals surface area contributed by atoms with Crippen LogP contribution in [0.25, 0.3) is 10.6 Å². The maximum absolute atomic E-state index is 11.9. The number of para-hydroxylation sites is 1. The first kappa shape index (κ1) is 16.0. The first-order valence-electron chi connectivity index (χ1n) is 6.76. The van der Waals surface area contributed by atoms with Gasteiger partial charge in [0.25, 0.3) is 0 Å². The van der Waals surface area contributed by atoms with E-state index in [4.69, 9.17) is 21.1 Å². The van der Waals surface area contributed by atoms with Crippen LogP contribution in [-0.2, 0) is 4.74 Å². The minimum atomic E-state index is -0.453. The highest BCUT2D eigenvalue weighted by Gasteiger charge is 2.13. The second-order valence-electron chi connectivity index (χ2n) is 4.46. The zero-order valence-corrected chi connectivity index (χ0v) is 14.3. The second kappa shape index (κ2) is 7.59. The van der Waals surface area contributed by atoms with Gasteiger partial charge in [0.1, 0.15) is 24.0 Å². The summed E-state index contributed by atoms with van der Waals surface area (Å²) in [5.41, 5.74) is 1.33. The first-order chi connectivity index (χ1) is 11.2. The van der Waals surface area contributed by atoms with E-state index >= 15 is 0 Å². The smallest absolute Gasteiger partial charge is 0.357 e. The lowest BCUT2D eigenvalue weighted by molar-refractivity contribution is 0.0445. The van der Waals surface area contributed by atoms with Gasteiger partial charge in [-0.15, -0.1) is 11.3 Å². The van der Waals surface area contributed by atoms with E-state index in [9.17, 15) is 4.79 Å². The third kappa shape index (κ3) is 4.10. The Hall–Kier alpha value is -1.89. The summed E-state index contributed by atoms with van der Waals surface area (Å²) >= 11 is 8.98. The average Bonchev–Trinajstić information content (AvgIpc) is 3.23. The molecule has 118 valence electrons. The van der Waals surface area contributed by atoms with Gasteiger partial charge >= 0.3 is 5.97 Å². The Morgan fingerprint density at radius 3 is 2.83 bits per heavy atom. The summed E-state index contributed by atoms with van der Waals surface area (Å²) in [4.78, 5) is 16.2. The number of rotatable bonds is 6. The summed E-state index contributed by atoms with van der Waals surface area (Å²) in [6, 6.07) is 9.12. The number of carbonyl (C=O) groups excluding carboxylic acids is 1. The lowest BCUT2D eigenvalue weighted by atomic mass is 10.3. The fourth-order valence-corrected chi connectivity index (χ4v) is 3.50. The first-order valence-corrected chi connectivity index (χ1v) is 8.96. The van der Waals surface area contributed by atoms with Crippen molar-refractivity contribution in [2.24, 2.45) is 0 Å². The number of aromatic nitrogens is 1. The van der Waals surface area contributed by atoms with Crippen LogP contribution in [0.5, 0.6) is 5.75 Å². The highest BCUT2D eigenvalue weighted by atomic mass is 35.5. The molecule has 23 heavy (non-hydrogen) atoms. The summed E-state index contributed by atoms with van der Waals surface area (Å²) in [6.07, 6.45) is 0. The third-order valence-corrected chi connectivity index (χ3v) is 4.78. The fraction of sp³-hybridized carbons (Fsp3) is 0.125. The van der Waals surface area contributed by atoms with Crippen molar-refractivity contribution in [3.05, 3.63) is 57.2 Å². The Morgan fingerprint density at radius 2 is 2.04 bits per heavy atom. The molecule has 3 aromatic rings. The van der Waals surface area contributed by atoms with Crippen LogP contribution in [0.1, 0.15) is 10.5 Å². The van der Waals surface area contributed by atoms with E-state index in [2.05, 4.69) is 4.98 Å². The molecule has 4 nitrogen and oxygen atoms in total. The van der Waals surface area contributed by atoms with Crippen molar-refractivity contribution in [3.63, 3.8) is 0 Å². The van der Waals surface area contributed by atoms with Crippen LogP contribution in [-0.4, -0.2) is 24.2 Å². The van der Waals surface area contributed by atoms with Gasteiger partial charge in [-0.1, -0.05) is 23.7 Å². The largest absolute Gasteiger partial charge is 0.488 e. The van der Waals surface area contributed by atoms with Crippen LogP contribution in [0.2, 0.25) is 5.02 Å². The average molecular weight is 366 g/mol. The quantitative estimate of drug-likeness (QED) is 0.466. The van der Waals surface area contributed by atoms with E-state index in [0.29, 0.717) is 16.5 Å². The second-order valence-corrected chi connectivity index (χ2v) is 6.51. The molecule has 0 spiro atoms. The number of hydrogen-bond acceptors (Lipinski definition) is 6. The predicted molar refractivity (Wildman–Crippen MR) is 92.7 cm³/mol. The Bertz CT molecular complexity index is 786. The number of ether oxygens (including phenoxy) is 2. The van der Waals surface area contributed by atoms with E-state index < -0.39 is 5.97 Å². The van der Waals surface area contributed by atoms with Crippen LogP contribution in [0.3, 0.4) is 0 Å². The number of benzene rings is 1. The Kier molecular flexibility index (Phi) is 5.27. The molecular formula is C16H12ClNO3S2. The maximum atomic E-state index is 11.9. The standard InChI is InChI=1S/C16H12ClNO3S2/c17-12-3-1-2-4-14(12)20-6-7-21-16(19)13-10-23-15(18-13)11-5-8-22-9-11/h1-5,8-10H,6-7H2. The number of halogens is 1. The van der Waals surface area contributed by atoms with Gasteiger partial charge in [-0.3, -0.25) is 0 Å².